The molecule has 1 aromatic carbocycles. The second-order valence-corrected chi connectivity index (χ2v) is 20.0. The molecule has 8 bridgehead atoms. The number of amides is 2. The van der Waals surface area contributed by atoms with Crippen molar-refractivity contribution >= 4 is 34.5 Å². The predicted octanol–water partition coefficient (Wildman–Crippen LogP) is 2.07. The van der Waals surface area contributed by atoms with E-state index >= 15 is 0 Å². The first-order valence-corrected chi connectivity index (χ1v) is 24.6. The maximum absolute atomic E-state index is 13.8. The Morgan fingerprint density at radius 1 is 0.750 bits per heavy atom. The lowest BCUT2D eigenvalue weighted by molar-refractivity contribution is -0.236. The number of hydrogen-bond donors (Lipinski definition) is 12. The molecule has 12 N–H and O–H groups in total. The fourth-order valence-electron chi connectivity index (χ4n) is 11.3. The third kappa shape index (κ3) is 8.78. The zero-order valence-electron chi connectivity index (χ0n) is 41.2. The molecule has 12 atom stereocenters. The van der Waals surface area contributed by atoms with Crippen LogP contribution in [0.15, 0.2) is 125 Å². The number of ether oxygens (including phenoxy) is 2. The highest BCUT2D eigenvalue weighted by molar-refractivity contribution is 6.34. The summed E-state index contributed by atoms with van der Waals surface area (Å²) in [5.74, 6) is -1.78. The van der Waals surface area contributed by atoms with Gasteiger partial charge in [-0.05, 0) is 97.2 Å². The van der Waals surface area contributed by atoms with Crippen LogP contribution in [0.2, 0.25) is 0 Å². The standard InChI is InChI=1S/C53H64N6O13/c1-8-27-21(4)30-17-33-38(20(2)3)24(7)42(56-33)40(25-9-11-26(12-10-25)51(70)59-53-50(69)48(67)46(65)36(19-61)72-53)41-22(5)28(13-14-37(63)57-52-49(68)47(66)45(64)35(18-60)71-52)43(58-41)29-15-34(62)39-23(6)31(55-44(29)39)16-32(27)54-30/h9-12,16-17,20,22,28,35-36,45-50,52-53,58,60-62,64-69H,8,13-15,18-19H2,1-7H3,(H,57,63)(H,59,70)/t22-,28-,35?,36?,45?,46?,47?,48?,49?,50?,52?,53?/m0/s1. The number of nitrogens with one attached hydrogen (secondary N) is 3. The topological polar surface area (TPSA) is 308 Å². The molecule has 3 saturated heterocycles. The Morgan fingerprint density at radius 3 is 1.97 bits per heavy atom. The summed E-state index contributed by atoms with van der Waals surface area (Å²) >= 11 is 0. The highest BCUT2D eigenvalue weighted by Gasteiger charge is 2.47. The highest BCUT2D eigenvalue weighted by Crippen LogP contribution is 2.49. The Bertz CT molecular complexity index is 2820. The number of aliphatic hydroxyl groups is 9. The number of benzene rings is 1. The van der Waals surface area contributed by atoms with Gasteiger partial charge in [0.25, 0.3) is 5.91 Å². The van der Waals surface area contributed by atoms with Gasteiger partial charge < -0.3 is 71.4 Å². The Hall–Kier alpha value is -5.71. The third-order valence-corrected chi connectivity index (χ3v) is 15.3. The van der Waals surface area contributed by atoms with Gasteiger partial charge in [-0.25, -0.2) is 15.0 Å². The van der Waals surface area contributed by atoms with E-state index < -0.39 is 92.2 Å². The molecule has 72 heavy (non-hydrogen) atoms. The number of allylic oxidation sites excluding steroid dienone is 12. The second kappa shape index (κ2) is 20.0. The van der Waals surface area contributed by atoms with E-state index in [9.17, 15) is 55.5 Å². The van der Waals surface area contributed by atoms with Gasteiger partial charge >= 0.3 is 0 Å². The van der Waals surface area contributed by atoms with Crippen LogP contribution < -0.4 is 16.0 Å². The molecule has 0 radical (unpaired) electrons. The summed E-state index contributed by atoms with van der Waals surface area (Å²) < 4.78 is 11.1. The van der Waals surface area contributed by atoms with Gasteiger partial charge in [0.15, 0.2) is 12.5 Å². The number of hydrogen-bond acceptors (Lipinski definition) is 17. The van der Waals surface area contributed by atoms with Crippen molar-refractivity contribution < 1.29 is 65.0 Å². The number of aliphatic hydroxyl groups excluding tert-OH is 9. The molecule has 0 aromatic heterocycles. The summed E-state index contributed by atoms with van der Waals surface area (Å²) in [6.07, 6.45) is -10.2. The second-order valence-electron chi connectivity index (χ2n) is 20.0. The van der Waals surface area contributed by atoms with Crippen molar-refractivity contribution in [1.29, 1.82) is 0 Å². The summed E-state index contributed by atoms with van der Waals surface area (Å²) in [5, 5.41) is 103. The van der Waals surface area contributed by atoms with E-state index in [4.69, 9.17) is 24.5 Å². The normalized spacial score (nSPS) is 32.4. The molecule has 1 aromatic rings. The van der Waals surface area contributed by atoms with Gasteiger partial charge in [0.05, 0.1) is 47.4 Å². The van der Waals surface area contributed by atoms with Crippen LogP contribution in [-0.2, 0) is 14.3 Å². The van der Waals surface area contributed by atoms with Gasteiger partial charge in [-0.2, -0.15) is 0 Å². The van der Waals surface area contributed by atoms with E-state index in [0.717, 1.165) is 61.9 Å². The van der Waals surface area contributed by atoms with Gasteiger partial charge in [-0.3, -0.25) is 9.59 Å². The smallest absolute Gasteiger partial charge is 0.253 e. The molecule has 1 aliphatic carbocycles. The molecule has 19 nitrogen and oxygen atoms in total. The van der Waals surface area contributed by atoms with Gasteiger partial charge in [-0.1, -0.05) is 39.8 Å². The van der Waals surface area contributed by atoms with Crippen molar-refractivity contribution in [3.05, 3.63) is 121 Å². The molecule has 0 saturated carbocycles. The van der Waals surface area contributed by atoms with Gasteiger partial charge in [0.1, 0.15) is 54.6 Å². The van der Waals surface area contributed by atoms with Crippen molar-refractivity contribution in [2.24, 2.45) is 32.7 Å². The number of fused-ring (bicyclic) bond motifs is 5. The van der Waals surface area contributed by atoms with Crippen molar-refractivity contribution in [2.45, 2.75) is 135 Å². The minimum absolute atomic E-state index is 0.0255. The molecular weight excluding hydrogens is 929 g/mol. The molecular formula is C53H64N6O13. The molecule has 3 fully saturated rings. The third-order valence-electron chi connectivity index (χ3n) is 15.3. The molecule has 8 aliphatic rings. The van der Waals surface area contributed by atoms with Crippen LogP contribution in [0.5, 0.6) is 0 Å². The SMILES string of the molecule is CCC1=C(C)C2=NC1=CC1=C(C)C3=C(O)CC(=C4NC(=C(c5ccc(C(=O)NC6OC(CO)C(O)C(O)C6O)cc5)C5=NC(=C2)C(C(C)C)=C5C)[C@@H](C)[C@@H]4CCC(=O)NC2OC(CO)C(O)C(O)C2O)C3=N1. The lowest BCUT2D eigenvalue weighted by atomic mass is 9.83. The molecule has 7 aliphatic heterocycles. The zero-order valence-corrected chi connectivity index (χ0v) is 41.2. The average Bonchev–Trinajstić information content (AvgIpc) is 4.13. The average molecular weight is 993 g/mol. The van der Waals surface area contributed by atoms with Crippen LogP contribution in [0.3, 0.4) is 0 Å². The Balaban J connectivity index is 1.17. The number of nitrogens with zero attached hydrogens (tertiary/aromatic N) is 3. The fraction of sp³-hybridized carbons (Fsp3) is 0.491. The van der Waals surface area contributed by atoms with Crippen molar-refractivity contribution in [3.63, 3.8) is 0 Å². The molecule has 384 valence electrons. The molecule has 10 unspecified atom stereocenters. The van der Waals surface area contributed by atoms with E-state index in [-0.39, 0.29) is 42.4 Å². The summed E-state index contributed by atoms with van der Waals surface area (Å²) in [4.78, 5) is 43.4. The summed E-state index contributed by atoms with van der Waals surface area (Å²) in [5.41, 5.74) is 13.4. The predicted molar refractivity (Wildman–Crippen MR) is 265 cm³/mol. The van der Waals surface area contributed by atoms with Crippen LogP contribution in [0.1, 0.15) is 90.1 Å². The summed E-state index contributed by atoms with van der Waals surface area (Å²) in [6.45, 7) is 13.0. The summed E-state index contributed by atoms with van der Waals surface area (Å²) in [7, 11) is 0. The first-order chi connectivity index (χ1) is 34.3. The summed E-state index contributed by atoms with van der Waals surface area (Å²) in [6, 6.07) is 6.76. The fourth-order valence-corrected chi connectivity index (χ4v) is 11.3. The van der Waals surface area contributed by atoms with E-state index in [1.807, 2.05) is 32.9 Å². The van der Waals surface area contributed by atoms with E-state index in [1.54, 1.807) is 24.3 Å². The Labute approximate surface area is 416 Å². The highest BCUT2D eigenvalue weighted by atomic mass is 16.6. The Morgan fingerprint density at radius 2 is 1.38 bits per heavy atom. The number of carbonyl (C=O) groups excluding carboxylic acids is 2. The molecule has 19 heteroatoms. The molecule has 2 amide bonds. The van der Waals surface area contributed by atoms with E-state index in [1.165, 1.54) is 0 Å². The number of carbonyl (C=O) groups is 2. The largest absolute Gasteiger partial charge is 0.511 e. The van der Waals surface area contributed by atoms with Crippen molar-refractivity contribution in [1.82, 2.24) is 16.0 Å². The van der Waals surface area contributed by atoms with Gasteiger partial charge in [0, 0.05) is 58.4 Å². The lowest BCUT2D eigenvalue weighted by Crippen LogP contribution is -2.63. The van der Waals surface area contributed by atoms with Gasteiger partial charge in [-0.15, -0.1) is 0 Å². The van der Waals surface area contributed by atoms with E-state index in [2.05, 4.69) is 43.6 Å². The maximum Gasteiger partial charge on any atom is 0.253 e. The molecule has 9 rings (SSSR count). The van der Waals surface area contributed by atoms with Crippen LogP contribution in [0, 0.1) is 17.8 Å². The van der Waals surface area contributed by atoms with E-state index in [0.29, 0.717) is 40.3 Å². The first-order valence-electron chi connectivity index (χ1n) is 24.6. The van der Waals surface area contributed by atoms with Crippen molar-refractivity contribution in [3.8, 4) is 0 Å². The monoisotopic (exact) mass is 992 g/mol. The van der Waals surface area contributed by atoms with Gasteiger partial charge in [0.2, 0.25) is 5.91 Å². The van der Waals surface area contributed by atoms with Crippen LogP contribution in [0.25, 0.3) is 5.57 Å². The molecule has 7 heterocycles. The molecule has 0 spiro atoms. The maximum atomic E-state index is 13.8. The van der Waals surface area contributed by atoms with Crippen LogP contribution in [0.4, 0.5) is 0 Å². The first kappa shape index (κ1) is 51.2. The van der Waals surface area contributed by atoms with Crippen LogP contribution in [-0.4, -0.2) is 149 Å². The zero-order chi connectivity index (χ0) is 51.8. The minimum Gasteiger partial charge on any atom is -0.511 e. The quantitative estimate of drug-likeness (QED) is 0.151. The minimum atomic E-state index is -1.69. The van der Waals surface area contributed by atoms with Crippen molar-refractivity contribution in [2.75, 3.05) is 13.2 Å². The number of rotatable bonds is 11. The lowest BCUT2D eigenvalue weighted by Gasteiger charge is -2.40. The Kier molecular flexibility index (Phi) is 14.2. The van der Waals surface area contributed by atoms with Crippen LogP contribution >= 0.6 is 0 Å². The number of aliphatic imine (C=N–C) groups is 3.